The summed E-state index contributed by atoms with van der Waals surface area (Å²) in [6.07, 6.45) is 0. The molecule has 0 unspecified atom stereocenters. The van der Waals surface area contributed by atoms with Crippen LogP contribution in [0.3, 0.4) is 0 Å². The Bertz CT molecular complexity index is 890. The third-order valence-corrected chi connectivity index (χ3v) is 6.65. The number of thiophene rings is 1. The Labute approximate surface area is 172 Å². The monoisotopic (exact) mass is 414 g/mol. The Morgan fingerprint density at radius 3 is 2.64 bits per heavy atom. The molecule has 0 N–H and O–H groups in total. The zero-order chi connectivity index (χ0) is 19.3. The highest BCUT2D eigenvalue weighted by Crippen LogP contribution is 2.24. The smallest absolute Gasteiger partial charge is 0.236 e. The molecule has 1 aromatic carbocycles. The van der Waals surface area contributed by atoms with Crippen LogP contribution >= 0.6 is 23.1 Å². The first-order valence-electron chi connectivity index (χ1n) is 9.24. The van der Waals surface area contributed by atoms with Gasteiger partial charge in [-0.2, -0.15) is 0 Å². The van der Waals surface area contributed by atoms with Crippen molar-refractivity contribution in [3.8, 4) is 0 Å². The Hall–Kier alpha value is -2.39. The number of tetrazole rings is 1. The summed E-state index contributed by atoms with van der Waals surface area (Å²) in [5.74, 6) is 0.142. The van der Waals surface area contributed by atoms with Crippen molar-refractivity contribution in [2.75, 3.05) is 31.1 Å². The van der Waals surface area contributed by atoms with Gasteiger partial charge in [0.2, 0.25) is 11.1 Å². The number of para-hydroxylation sites is 1. The van der Waals surface area contributed by atoms with Crippen molar-refractivity contribution in [1.29, 1.82) is 0 Å². The second kappa shape index (κ2) is 8.74. The predicted molar refractivity (Wildman–Crippen MR) is 112 cm³/mol. The summed E-state index contributed by atoms with van der Waals surface area (Å²) >= 11 is 3.09. The van der Waals surface area contributed by atoms with E-state index in [1.807, 2.05) is 41.5 Å². The number of carbonyl (C=O) groups is 1. The number of carbonyl (C=O) groups excluding carboxylic acids is 1. The fourth-order valence-corrected chi connectivity index (χ4v) is 4.78. The average molecular weight is 415 g/mol. The second-order valence-electron chi connectivity index (χ2n) is 6.61. The molecule has 0 bridgehead atoms. The number of nitrogens with zero attached hydrogens (tertiary/aromatic N) is 6. The van der Waals surface area contributed by atoms with Crippen LogP contribution in [0.5, 0.6) is 0 Å². The van der Waals surface area contributed by atoms with Crippen molar-refractivity contribution in [3.05, 3.63) is 52.7 Å². The number of hydrogen-bond acceptors (Lipinski definition) is 7. The van der Waals surface area contributed by atoms with Gasteiger partial charge in [0, 0.05) is 36.7 Å². The van der Waals surface area contributed by atoms with E-state index in [-0.39, 0.29) is 11.2 Å². The van der Waals surface area contributed by atoms with Crippen molar-refractivity contribution in [3.63, 3.8) is 0 Å². The molecule has 0 aliphatic carbocycles. The third-order valence-electron chi connectivity index (χ3n) is 4.73. The second-order valence-corrected chi connectivity index (χ2v) is 8.95. The molecular weight excluding hydrogens is 392 g/mol. The molecule has 0 radical (unpaired) electrons. The van der Waals surface area contributed by atoms with Crippen molar-refractivity contribution in [2.45, 2.75) is 23.9 Å². The maximum atomic E-state index is 12.9. The van der Waals surface area contributed by atoms with Crippen molar-refractivity contribution in [2.24, 2.45) is 0 Å². The van der Waals surface area contributed by atoms with E-state index in [2.05, 4.69) is 38.6 Å². The molecule has 1 fully saturated rings. The number of hydrogen-bond donors (Lipinski definition) is 0. The van der Waals surface area contributed by atoms with Crippen LogP contribution in [-0.2, 0) is 11.3 Å². The lowest BCUT2D eigenvalue weighted by Crippen LogP contribution is -2.50. The molecule has 3 heterocycles. The van der Waals surface area contributed by atoms with Crippen LogP contribution < -0.4 is 4.90 Å². The molecule has 3 aromatic rings. The Morgan fingerprint density at radius 1 is 1.14 bits per heavy atom. The van der Waals surface area contributed by atoms with E-state index < -0.39 is 0 Å². The molecule has 0 spiro atoms. The lowest BCUT2D eigenvalue weighted by atomic mass is 10.2. The lowest BCUT2D eigenvalue weighted by molar-refractivity contribution is -0.130. The van der Waals surface area contributed by atoms with Crippen LogP contribution in [0.1, 0.15) is 11.8 Å². The van der Waals surface area contributed by atoms with Gasteiger partial charge in [-0.25, -0.2) is 4.68 Å². The standard InChI is InChI=1S/C19H22N6OS2/c1-15(28-19-20-21-22-25(19)14-17-8-5-13-27-17)18(26)24-11-9-23(10-12-24)16-6-3-2-4-7-16/h2-8,13,15H,9-12,14H2,1H3/t15-/m0/s1. The minimum atomic E-state index is -0.226. The summed E-state index contributed by atoms with van der Waals surface area (Å²) in [6.45, 7) is 5.73. The Balaban J connectivity index is 1.33. The molecule has 4 rings (SSSR count). The predicted octanol–water partition coefficient (Wildman–Crippen LogP) is 2.61. The molecular formula is C19H22N6OS2. The van der Waals surface area contributed by atoms with E-state index in [1.54, 1.807) is 16.0 Å². The molecule has 1 atom stereocenters. The fraction of sp³-hybridized carbons (Fsp3) is 0.368. The van der Waals surface area contributed by atoms with E-state index in [9.17, 15) is 4.79 Å². The zero-order valence-corrected chi connectivity index (χ0v) is 17.3. The highest BCUT2D eigenvalue weighted by atomic mass is 32.2. The van der Waals surface area contributed by atoms with Gasteiger partial charge in [-0.05, 0) is 40.9 Å². The number of amides is 1. The van der Waals surface area contributed by atoms with E-state index in [4.69, 9.17) is 0 Å². The summed E-state index contributed by atoms with van der Waals surface area (Å²) in [7, 11) is 0. The van der Waals surface area contributed by atoms with Crippen LogP contribution in [0.4, 0.5) is 5.69 Å². The van der Waals surface area contributed by atoms with Crippen molar-refractivity contribution >= 4 is 34.7 Å². The number of anilines is 1. The van der Waals surface area contributed by atoms with Gasteiger partial charge in [0.15, 0.2) is 0 Å². The van der Waals surface area contributed by atoms with Gasteiger partial charge < -0.3 is 9.80 Å². The van der Waals surface area contributed by atoms with Crippen LogP contribution in [0.2, 0.25) is 0 Å². The SMILES string of the molecule is C[C@H](Sc1nnnn1Cc1cccs1)C(=O)N1CCN(c2ccccc2)CC1. The van der Waals surface area contributed by atoms with Crippen molar-refractivity contribution in [1.82, 2.24) is 25.1 Å². The molecule has 146 valence electrons. The summed E-state index contributed by atoms with van der Waals surface area (Å²) in [6, 6.07) is 14.4. The minimum absolute atomic E-state index is 0.142. The zero-order valence-electron chi connectivity index (χ0n) is 15.6. The average Bonchev–Trinajstić information content (AvgIpc) is 3.41. The highest BCUT2D eigenvalue weighted by molar-refractivity contribution is 8.00. The van der Waals surface area contributed by atoms with E-state index in [0.717, 1.165) is 26.2 Å². The maximum absolute atomic E-state index is 12.9. The first-order chi connectivity index (χ1) is 13.7. The van der Waals surface area contributed by atoms with Gasteiger partial charge in [0.1, 0.15) is 0 Å². The number of aromatic nitrogens is 4. The molecule has 0 saturated carbocycles. The van der Waals surface area contributed by atoms with E-state index in [0.29, 0.717) is 11.7 Å². The number of rotatable bonds is 6. The van der Waals surface area contributed by atoms with Crippen LogP contribution in [-0.4, -0.2) is 62.4 Å². The number of piperazine rings is 1. The van der Waals surface area contributed by atoms with Crippen LogP contribution in [0, 0.1) is 0 Å². The molecule has 28 heavy (non-hydrogen) atoms. The van der Waals surface area contributed by atoms with Crippen LogP contribution in [0.25, 0.3) is 0 Å². The molecule has 1 aliphatic rings. The summed E-state index contributed by atoms with van der Waals surface area (Å²) in [5, 5.41) is 14.4. The molecule has 1 amide bonds. The van der Waals surface area contributed by atoms with Gasteiger partial charge in [-0.3, -0.25) is 4.79 Å². The quantitative estimate of drug-likeness (QED) is 0.578. The van der Waals surface area contributed by atoms with Gasteiger partial charge >= 0.3 is 0 Å². The molecule has 7 nitrogen and oxygen atoms in total. The van der Waals surface area contributed by atoms with Crippen LogP contribution in [0.15, 0.2) is 53.0 Å². The van der Waals surface area contributed by atoms with Gasteiger partial charge in [-0.15, -0.1) is 16.4 Å². The lowest BCUT2D eigenvalue weighted by Gasteiger charge is -2.37. The maximum Gasteiger partial charge on any atom is 0.236 e. The first kappa shape index (κ1) is 18.9. The highest BCUT2D eigenvalue weighted by Gasteiger charge is 2.27. The molecule has 1 saturated heterocycles. The summed E-state index contributed by atoms with van der Waals surface area (Å²) in [5.41, 5.74) is 1.21. The van der Waals surface area contributed by atoms with Gasteiger partial charge in [-0.1, -0.05) is 36.0 Å². The fourth-order valence-electron chi connectivity index (χ4n) is 3.22. The minimum Gasteiger partial charge on any atom is -0.368 e. The normalized spacial score (nSPS) is 15.6. The largest absolute Gasteiger partial charge is 0.368 e. The Kier molecular flexibility index (Phi) is 5.92. The Morgan fingerprint density at radius 2 is 1.93 bits per heavy atom. The van der Waals surface area contributed by atoms with Crippen molar-refractivity contribution < 1.29 is 4.79 Å². The summed E-state index contributed by atoms with van der Waals surface area (Å²) in [4.78, 5) is 18.4. The first-order valence-corrected chi connectivity index (χ1v) is 11.0. The number of thioether (sulfide) groups is 1. The topological polar surface area (TPSA) is 67.2 Å². The van der Waals surface area contributed by atoms with Gasteiger partial charge in [0.05, 0.1) is 11.8 Å². The third kappa shape index (κ3) is 4.36. The molecule has 1 aliphatic heterocycles. The number of benzene rings is 1. The molecule has 2 aromatic heterocycles. The summed E-state index contributed by atoms with van der Waals surface area (Å²) < 4.78 is 1.76. The molecule has 9 heteroatoms. The van der Waals surface area contributed by atoms with E-state index in [1.165, 1.54) is 22.3 Å². The van der Waals surface area contributed by atoms with E-state index >= 15 is 0 Å². The van der Waals surface area contributed by atoms with Gasteiger partial charge in [0.25, 0.3) is 0 Å².